The van der Waals surface area contributed by atoms with Crippen molar-refractivity contribution in [3.05, 3.63) is 52.9 Å². The maximum atomic E-state index is 14.1. The molecule has 0 atom stereocenters. The topological polar surface area (TPSA) is 47.0 Å². The van der Waals surface area contributed by atoms with Gasteiger partial charge in [0.2, 0.25) is 0 Å². The van der Waals surface area contributed by atoms with E-state index in [1.54, 1.807) is 24.3 Å². The van der Waals surface area contributed by atoms with Crippen LogP contribution in [-0.4, -0.2) is 16.6 Å². The van der Waals surface area contributed by atoms with Crippen LogP contribution in [0.4, 0.5) is 4.39 Å². The van der Waals surface area contributed by atoms with Gasteiger partial charge in [0.1, 0.15) is 17.2 Å². The Labute approximate surface area is 175 Å². The molecule has 152 valence electrons. The average molecular weight is 412 g/mol. The molecule has 0 spiro atoms. The van der Waals surface area contributed by atoms with Crippen LogP contribution in [0.15, 0.2) is 35.7 Å². The normalized spacial score (nSPS) is 11.1. The van der Waals surface area contributed by atoms with Gasteiger partial charge in [-0.2, -0.15) is 0 Å². The van der Waals surface area contributed by atoms with E-state index in [1.165, 1.54) is 17.4 Å². The number of hydrogen-bond acceptors (Lipinski definition) is 4. The molecule has 0 N–H and O–H groups in total. The minimum atomic E-state index is -0.270. The van der Waals surface area contributed by atoms with Crippen LogP contribution in [0.1, 0.15) is 79.8 Å². The van der Waals surface area contributed by atoms with E-state index in [4.69, 9.17) is 0 Å². The van der Waals surface area contributed by atoms with Gasteiger partial charge >= 0.3 is 0 Å². The summed E-state index contributed by atoms with van der Waals surface area (Å²) in [6.07, 6.45) is 5.58. The lowest BCUT2D eigenvalue weighted by atomic mass is 9.99. The summed E-state index contributed by atoms with van der Waals surface area (Å²) in [4.78, 5) is 29.7. The standard InChI is InChI=1S/C24H26FNO2S/c1-3-5-6-7-9-23(28)21-15-16(14-20(26-21)22(27)8-4-2)17-10-11-19(25)18-12-13-29-24(17)18/h10-15H,3-9H2,1-2H3. The van der Waals surface area contributed by atoms with Crippen LogP contribution in [0.2, 0.25) is 0 Å². The first kappa shape index (κ1) is 21.3. The van der Waals surface area contributed by atoms with E-state index in [2.05, 4.69) is 11.9 Å². The molecule has 0 radical (unpaired) electrons. The third-order valence-electron chi connectivity index (χ3n) is 5.01. The number of hydrogen-bond donors (Lipinski definition) is 0. The summed E-state index contributed by atoms with van der Waals surface area (Å²) in [5, 5.41) is 2.40. The van der Waals surface area contributed by atoms with Gasteiger partial charge in [-0.05, 0) is 53.6 Å². The molecule has 0 aliphatic heterocycles. The van der Waals surface area contributed by atoms with E-state index in [9.17, 15) is 14.0 Å². The van der Waals surface area contributed by atoms with Gasteiger partial charge in [-0.25, -0.2) is 9.37 Å². The zero-order valence-electron chi connectivity index (χ0n) is 17.0. The number of carbonyl (C=O) groups excluding carboxylic acids is 2. The van der Waals surface area contributed by atoms with Crippen molar-refractivity contribution in [1.82, 2.24) is 4.98 Å². The van der Waals surface area contributed by atoms with Crippen molar-refractivity contribution in [2.75, 3.05) is 0 Å². The quantitative estimate of drug-likeness (QED) is 0.261. The van der Waals surface area contributed by atoms with E-state index in [-0.39, 0.29) is 17.4 Å². The Morgan fingerprint density at radius 1 is 0.931 bits per heavy atom. The van der Waals surface area contributed by atoms with Crippen LogP contribution in [0.5, 0.6) is 0 Å². The van der Waals surface area contributed by atoms with Gasteiger partial charge in [-0.15, -0.1) is 11.3 Å². The molecule has 0 saturated heterocycles. The molecule has 0 aliphatic rings. The number of halogens is 1. The molecule has 3 aromatic rings. The second-order valence-corrected chi connectivity index (χ2v) is 8.21. The first-order chi connectivity index (χ1) is 14.0. The summed E-state index contributed by atoms with van der Waals surface area (Å²) >= 11 is 1.45. The van der Waals surface area contributed by atoms with Gasteiger partial charge in [-0.1, -0.05) is 39.2 Å². The van der Waals surface area contributed by atoms with Crippen molar-refractivity contribution in [3.63, 3.8) is 0 Å². The molecule has 0 fully saturated rings. The van der Waals surface area contributed by atoms with Crippen LogP contribution in [0.3, 0.4) is 0 Å². The highest BCUT2D eigenvalue weighted by molar-refractivity contribution is 7.17. The lowest BCUT2D eigenvalue weighted by Gasteiger charge is -2.10. The number of ketones is 2. The van der Waals surface area contributed by atoms with Gasteiger partial charge in [-0.3, -0.25) is 9.59 Å². The van der Waals surface area contributed by atoms with Gasteiger partial charge in [0.25, 0.3) is 0 Å². The highest BCUT2D eigenvalue weighted by atomic mass is 32.1. The largest absolute Gasteiger partial charge is 0.292 e. The summed E-state index contributed by atoms with van der Waals surface area (Å²) in [6, 6.07) is 8.39. The lowest BCUT2D eigenvalue weighted by Crippen LogP contribution is -2.09. The fourth-order valence-corrected chi connectivity index (χ4v) is 4.37. The first-order valence-electron chi connectivity index (χ1n) is 10.3. The molecule has 1 aromatic carbocycles. The number of unbranched alkanes of at least 4 members (excludes halogenated alkanes) is 3. The predicted molar refractivity (Wildman–Crippen MR) is 117 cm³/mol. The van der Waals surface area contributed by atoms with Crippen LogP contribution >= 0.6 is 11.3 Å². The van der Waals surface area contributed by atoms with Crippen molar-refractivity contribution in [2.45, 2.75) is 58.8 Å². The van der Waals surface area contributed by atoms with Gasteiger partial charge in [0.15, 0.2) is 11.6 Å². The lowest BCUT2D eigenvalue weighted by molar-refractivity contribution is 0.0971. The number of nitrogens with zero attached hydrogens (tertiary/aromatic N) is 1. The molecular formula is C24H26FNO2S. The summed E-state index contributed by atoms with van der Waals surface area (Å²) in [5.41, 5.74) is 2.20. The molecule has 2 heterocycles. The van der Waals surface area contributed by atoms with Crippen LogP contribution < -0.4 is 0 Å². The molecule has 0 unspecified atom stereocenters. The van der Waals surface area contributed by atoms with E-state index in [0.717, 1.165) is 47.9 Å². The second-order valence-electron chi connectivity index (χ2n) is 7.29. The Morgan fingerprint density at radius 2 is 1.66 bits per heavy atom. The van der Waals surface area contributed by atoms with Crippen molar-refractivity contribution in [3.8, 4) is 11.1 Å². The molecule has 0 aliphatic carbocycles. The molecule has 0 bridgehead atoms. The molecule has 0 amide bonds. The van der Waals surface area contributed by atoms with Crippen LogP contribution in [0.25, 0.3) is 21.2 Å². The molecule has 0 saturated carbocycles. The number of pyridine rings is 1. The number of thiophene rings is 1. The third-order valence-corrected chi connectivity index (χ3v) is 5.95. The monoisotopic (exact) mass is 411 g/mol. The SMILES string of the molecule is CCCCCCC(=O)c1cc(-c2ccc(F)c3ccsc23)cc(C(=O)CCC)n1. The first-order valence-corrected chi connectivity index (χ1v) is 11.2. The molecule has 29 heavy (non-hydrogen) atoms. The highest BCUT2D eigenvalue weighted by Crippen LogP contribution is 2.35. The smallest absolute Gasteiger partial charge is 0.181 e. The Kier molecular flexibility index (Phi) is 7.26. The number of rotatable bonds is 10. The average Bonchev–Trinajstić information content (AvgIpc) is 3.22. The van der Waals surface area contributed by atoms with E-state index >= 15 is 0 Å². The molecular weight excluding hydrogens is 385 g/mol. The number of fused-ring (bicyclic) bond motifs is 1. The predicted octanol–water partition coefficient (Wildman–Crippen LogP) is 7.24. The maximum Gasteiger partial charge on any atom is 0.181 e. The Bertz CT molecular complexity index is 1020. The molecule has 5 heteroatoms. The Balaban J connectivity index is 2.02. The fraction of sp³-hybridized carbons (Fsp3) is 0.375. The molecule has 3 rings (SSSR count). The Morgan fingerprint density at radius 3 is 2.34 bits per heavy atom. The Hall–Kier alpha value is -2.40. The van der Waals surface area contributed by atoms with E-state index in [0.29, 0.717) is 29.6 Å². The number of carbonyl (C=O) groups is 2. The summed E-state index contributed by atoms with van der Waals surface area (Å²) in [5.74, 6) is -0.384. The molecule has 2 aromatic heterocycles. The summed E-state index contributed by atoms with van der Waals surface area (Å²) in [7, 11) is 0. The van der Waals surface area contributed by atoms with Crippen LogP contribution in [-0.2, 0) is 0 Å². The maximum absolute atomic E-state index is 14.1. The highest BCUT2D eigenvalue weighted by Gasteiger charge is 2.17. The minimum Gasteiger partial charge on any atom is -0.292 e. The van der Waals surface area contributed by atoms with E-state index in [1.807, 2.05) is 12.3 Å². The van der Waals surface area contributed by atoms with Crippen molar-refractivity contribution in [2.24, 2.45) is 0 Å². The number of Topliss-reactive ketones (excluding diaryl/α,β-unsaturated/α-hetero) is 2. The summed E-state index contributed by atoms with van der Waals surface area (Å²) in [6.45, 7) is 4.07. The van der Waals surface area contributed by atoms with Gasteiger partial charge in [0, 0.05) is 22.9 Å². The summed E-state index contributed by atoms with van der Waals surface area (Å²) < 4.78 is 14.9. The van der Waals surface area contributed by atoms with Crippen molar-refractivity contribution in [1.29, 1.82) is 0 Å². The zero-order chi connectivity index (χ0) is 20.8. The van der Waals surface area contributed by atoms with Crippen molar-refractivity contribution >= 4 is 33.0 Å². The number of aromatic nitrogens is 1. The van der Waals surface area contributed by atoms with E-state index < -0.39 is 0 Å². The minimum absolute atomic E-state index is 0.0435. The van der Waals surface area contributed by atoms with Crippen molar-refractivity contribution < 1.29 is 14.0 Å². The third kappa shape index (κ3) is 4.96. The van der Waals surface area contributed by atoms with Crippen LogP contribution in [0, 0.1) is 5.82 Å². The fourth-order valence-electron chi connectivity index (χ4n) is 3.42. The number of benzene rings is 1. The second kappa shape index (κ2) is 9.88. The van der Waals surface area contributed by atoms with Gasteiger partial charge < -0.3 is 0 Å². The molecule has 3 nitrogen and oxygen atoms in total. The van der Waals surface area contributed by atoms with Gasteiger partial charge in [0.05, 0.1) is 0 Å². The zero-order valence-corrected chi connectivity index (χ0v) is 17.8.